The predicted octanol–water partition coefficient (Wildman–Crippen LogP) is 3.39. The van der Waals surface area contributed by atoms with Crippen molar-refractivity contribution in [3.8, 4) is 11.5 Å². The number of carbonyl (C=O) groups is 2. The van der Waals surface area contributed by atoms with Crippen molar-refractivity contribution in [2.75, 3.05) is 41.4 Å². The molecule has 3 rings (SSSR count). The van der Waals surface area contributed by atoms with Crippen molar-refractivity contribution < 1.29 is 24.2 Å². The Morgan fingerprint density at radius 1 is 1.09 bits per heavy atom. The minimum atomic E-state index is -0.696. The van der Waals surface area contributed by atoms with Gasteiger partial charge in [-0.2, -0.15) is 0 Å². The van der Waals surface area contributed by atoms with Crippen molar-refractivity contribution in [2.24, 2.45) is 0 Å². The number of aliphatic hydroxyl groups is 1. The van der Waals surface area contributed by atoms with Crippen LogP contribution in [0.5, 0.6) is 11.5 Å². The van der Waals surface area contributed by atoms with E-state index in [2.05, 4.69) is 0 Å². The number of rotatable bonds is 8. The molecule has 1 saturated heterocycles. The zero-order valence-corrected chi connectivity index (χ0v) is 19.2. The lowest BCUT2D eigenvalue weighted by atomic mass is 9.92. The van der Waals surface area contributed by atoms with E-state index in [0.29, 0.717) is 30.0 Å². The van der Waals surface area contributed by atoms with Gasteiger partial charge in [-0.25, -0.2) is 0 Å². The first-order valence-electron chi connectivity index (χ1n) is 10.5. The summed E-state index contributed by atoms with van der Waals surface area (Å²) >= 11 is 0. The number of amides is 1. The van der Waals surface area contributed by atoms with Gasteiger partial charge in [0.1, 0.15) is 17.3 Å². The van der Waals surface area contributed by atoms with E-state index in [9.17, 15) is 14.7 Å². The molecule has 2 aromatic rings. The van der Waals surface area contributed by atoms with Crippen molar-refractivity contribution in [1.29, 1.82) is 0 Å². The quantitative estimate of drug-likeness (QED) is 0.387. The van der Waals surface area contributed by atoms with Gasteiger partial charge in [0, 0.05) is 12.6 Å². The molecular weight excluding hydrogens is 408 g/mol. The largest absolute Gasteiger partial charge is 0.507 e. The molecule has 0 bridgehead atoms. The number of Topliss-reactive ketones (excluding diaryl/α,β-unsaturated/α-hetero) is 1. The molecule has 1 fully saturated rings. The predicted molar refractivity (Wildman–Crippen MR) is 123 cm³/mol. The fraction of sp³-hybridized carbons (Fsp3) is 0.360. The molecule has 7 nitrogen and oxygen atoms in total. The summed E-state index contributed by atoms with van der Waals surface area (Å²) in [6.45, 7) is 3.11. The molecule has 1 aliphatic heterocycles. The van der Waals surface area contributed by atoms with E-state index >= 15 is 0 Å². The van der Waals surface area contributed by atoms with E-state index < -0.39 is 17.7 Å². The molecule has 1 amide bonds. The van der Waals surface area contributed by atoms with Gasteiger partial charge >= 0.3 is 0 Å². The van der Waals surface area contributed by atoms with Gasteiger partial charge < -0.3 is 24.4 Å². The van der Waals surface area contributed by atoms with Crippen LogP contribution < -0.4 is 9.47 Å². The normalized spacial score (nSPS) is 17.8. The first kappa shape index (κ1) is 23.3. The van der Waals surface area contributed by atoms with Crippen LogP contribution in [-0.4, -0.2) is 68.0 Å². The molecule has 1 aliphatic rings. The van der Waals surface area contributed by atoms with Crippen molar-refractivity contribution in [3.05, 3.63) is 64.7 Å². The van der Waals surface area contributed by atoms with E-state index in [-0.39, 0.29) is 11.3 Å². The number of ether oxygens (including phenoxy) is 2. The van der Waals surface area contributed by atoms with Crippen LogP contribution in [-0.2, 0) is 9.59 Å². The summed E-state index contributed by atoms with van der Waals surface area (Å²) in [7, 11) is 6.93. The van der Waals surface area contributed by atoms with Crippen LogP contribution >= 0.6 is 0 Å². The van der Waals surface area contributed by atoms with Crippen LogP contribution in [0, 0.1) is 6.92 Å². The van der Waals surface area contributed by atoms with Crippen molar-refractivity contribution in [1.82, 2.24) is 9.80 Å². The first-order chi connectivity index (χ1) is 15.3. The number of likely N-dealkylation sites (tertiary alicyclic amines) is 1. The Kier molecular flexibility index (Phi) is 7.20. The van der Waals surface area contributed by atoms with Gasteiger partial charge in [-0.15, -0.1) is 0 Å². The van der Waals surface area contributed by atoms with Gasteiger partial charge in [0.25, 0.3) is 11.7 Å². The van der Waals surface area contributed by atoms with Gasteiger partial charge in [-0.05, 0) is 57.2 Å². The number of hydrogen-bond acceptors (Lipinski definition) is 6. The number of carbonyl (C=O) groups excluding carboxylic acids is 2. The Bertz CT molecular complexity index is 1040. The molecule has 32 heavy (non-hydrogen) atoms. The molecule has 1 atom stereocenters. The third kappa shape index (κ3) is 4.48. The molecule has 7 heteroatoms. The standard InChI is InChI=1S/C25H30N2O5/c1-16-9-6-7-10-18(16)22-21(24(29)25(30)27(22)14-8-13-26(2)3)23(28)19-12-11-17(31-4)15-20(19)32-5/h6-7,9-12,15,22,28H,8,13-14H2,1-5H3/b23-21+. The number of benzene rings is 2. The van der Waals surface area contributed by atoms with Crippen molar-refractivity contribution >= 4 is 17.4 Å². The zero-order chi connectivity index (χ0) is 23.4. The molecule has 1 N–H and O–H groups in total. The molecule has 0 aliphatic carbocycles. The third-order valence-corrected chi connectivity index (χ3v) is 5.69. The van der Waals surface area contributed by atoms with Crippen LogP contribution in [0.2, 0.25) is 0 Å². The second-order valence-corrected chi connectivity index (χ2v) is 8.07. The highest BCUT2D eigenvalue weighted by molar-refractivity contribution is 6.46. The minimum absolute atomic E-state index is 0.0672. The Labute approximate surface area is 188 Å². The average Bonchev–Trinajstić information content (AvgIpc) is 3.03. The van der Waals surface area contributed by atoms with Gasteiger partial charge in [0.2, 0.25) is 0 Å². The molecule has 0 saturated carbocycles. The van der Waals surface area contributed by atoms with E-state index in [1.54, 1.807) is 23.1 Å². The molecule has 0 spiro atoms. The number of hydrogen-bond donors (Lipinski definition) is 1. The first-order valence-corrected chi connectivity index (χ1v) is 10.5. The topological polar surface area (TPSA) is 79.3 Å². The Hall–Kier alpha value is -3.32. The molecule has 1 heterocycles. The number of ketones is 1. The average molecular weight is 439 g/mol. The summed E-state index contributed by atoms with van der Waals surface area (Å²) in [5.74, 6) is -0.655. The Morgan fingerprint density at radius 2 is 1.81 bits per heavy atom. The molecular formula is C25H30N2O5. The van der Waals surface area contributed by atoms with Crippen LogP contribution in [0.1, 0.15) is 29.2 Å². The summed E-state index contributed by atoms with van der Waals surface area (Å²) in [4.78, 5) is 29.8. The molecule has 170 valence electrons. The SMILES string of the molecule is COc1ccc(/C(O)=C2\C(=O)C(=O)N(CCCN(C)C)C2c2ccccc2C)c(OC)c1. The Morgan fingerprint density at radius 3 is 2.44 bits per heavy atom. The highest BCUT2D eigenvalue weighted by atomic mass is 16.5. The second-order valence-electron chi connectivity index (χ2n) is 8.07. The monoisotopic (exact) mass is 438 g/mol. The number of methoxy groups -OCH3 is 2. The van der Waals surface area contributed by atoms with E-state index in [0.717, 1.165) is 17.7 Å². The van der Waals surface area contributed by atoms with Crippen LogP contribution in [0.4, 0.5) is 0 Å². The smallest absolute Gasteiger partial charge is 0.295 e. The lowest BCUT2D eigenvalue weighted by Gasteiger charge is -2.27. The van der Waals surface area contributed by atoms with Crippen molar-refractivity contribution in [2.45, 2.75) is 19.4 Å². The van der Waals surface area contributed by atoms with Crippen LogP contribution in [0.25, 0.3) is 5.76 Å². The maximum absolute atomic E-state index is 13.2. The lowest BCUT2D eigenvalue weighted by Crippen LogP contribution is -2.32. The highest BCUT2D eigenvalue weighted by Crippen LogP contribution is 2.42. The highest BCUT2D eigenvalue weighted by Gasteiger charge is 2.46. The molecule has 0 aromatic heterocycles. The van der Waals surface area contributed by atoms with E-state index in [1.165, 1.54) is 14.2 Å². The Balaban J connectivity index is 2.16. The van der Waals surface area contributed by atoms with Gasteiger partial charge in [0.05, 0.1) is 31.4 Å². The molecule has 0 radical (unpaired) electrons. The van der Waals surface area contributed by atoms with Crippen LogP contribution in [0.15, 0.2) is 48.0 Å². The maximum Gasteiger partial charge on any atom is 0.295 e. The number of aliphatic hydroxyl groups excluding tert-OH is 1. The zero-order valence-electron chi connectivity index (χ0n) is 19.2. The molecule has 1 unspecified atom stereocenters. The molecule has 2 aromatic carbocycles. The van der Waals surface area contributed by atoms with Gasteiger partial charge in [0.15, 0.2) is 0 Å². The fourth-order valence-electron chi connectivity index (χ4n) is 4.02. The van der Waals surface area contributed by atoms with E-state index in [4.69, 9.17) is 9.47 Å². The van der Waals surface area contributed by atoms with Gasteiger partial charge in [-0.3, -0.25) is 9.59 Å². The summed E-state index contributed by atoms with van der Waals surface area (Å²) < 4.78 is 10.7. The summed E-state index contributed by atoms with van der Waals surface area (Å²) in [6.07, 6.45) is 0.703. The fourth-order valence-corrected chi connectivity index (χ4v) is 4.02. The minimum Gasteiger partial charge on any atom is -0.507 e. The third-order valence-electron chi connectivity index (χ3n) is 5.69. The summed E-state index contributed by atoms with van der Waals surface area (Å²) in [6, 6.07) is 11.9. The maximum atomic E-state index is 13.2. The lowest BCUT2D eigenvalue weighted by molar-refractivity contribution is -0.139. The second kappa shape index (κ2) is 9.87. The van der Waals surface area contributed by atoms with E-state index in [1.807, 2.05) is 50.2 Å². The summed E-state index contributed by atoms with van der Waals surface area (Å²) in [5.41, 5.74) is 2.14. The number of aryl methyl sites for hydroxylation is 1. The van der Waals surface area contributed by atoms with Crippen LogP contribution in [0.3, 0.4) is 0 Å². The number of nitrogens with zero attached hydrogens (tertiary/aromatic N) is 2. The summed E-state index contributed by atoms with van der Waals surface area (Å²) in [5, 5.41) is 11.3. The van der Waals surface area contributed by atoms with Crippen molar-refractivity contribution in [3.63, 3.8) is 0 Å². The van der Waals surface area contributed by atoms with Gasteiger partial charge in [-0.1, -0.05) is 24.3 Å².